The first-order chi connectivity index (χ1) is 8.09. The molecular formula is C13H22N2O2. The van der Waals surface area contributed by atoms with Crippen molar-refractivity contribution in [2.45, 2.75) is 52.0 Å². The summed E-state index contributed by atoms with van der Waals surface area (Å²) in [6.45, 7) is 4.21. The summed E-state index contributed by atoms with van der Waals surface area (Å²) in [5, 5.41) is 5.21. The van der Waals surface area contributed by atoms with E-state index in [0.29, 0.717) is 6.54 Å². The standard InChI is InChI=1S/C13H22N2O2/c1-10(2)15-13(17)12(16)14-9-8-11-6-4-3-5-7-11/h6,10H,3-5,7-9H2,1-2H3,(H,14,16)(H,15,17). The zero-order valence-corrected chi connectivity index (χ0v) is 10.7. The van der Waals surface area contributed by atoms with E-state index in [4.69, 9.17) is 0 Å². The summed E-state index contributed by atoms with van der Waals surface area (Å²) < 4.78 is 0. The first kappa shape index (κ1) is 13.7. The fraction of sp³-hybridized carbons (Fsp3) is 0.692. The van der Waals surface area contributed by atoms with Crippen molar-refractivity contribution in [1.82, 2.24) is 10.6 Å². The maximum atomic E-state index is 11.4. The predicted octanol–water partition coefficient (Wildman–Crippen LogP) is 1.52. The van der Waals surface area contributed by atoms with E-state index in [1.807, 2.05) is 13.8 Å². The molecule has 0 aromatic rings. The van der Waals surface area contributed by atoms with Gasteiger partial charge in [-0.15, -0.1) is 0 Å². The fourth-order valence-electron chi connectivity index (χ4n) is 1.88. The molecule has 0 spiro atoms. The van der Waals surface area contributed by atoms with Gasteiger partial charge in [-0.1, -0.05) is 11.6 Å². The SMILES string of the molecule is CC(C)NC(=O)C(=O)NCCC1=CCCCC1. The molecule has 17 heavy (non-hydrogen) atoms. The van der Waals surface area contributed by atoms with Crippen LogP contribution in [0.2, 0.25) is 0 Å². The van der Waals surface area contributed by atoms with Crippen LogP contribution in [0.15, 0.2) is 11.6 Å². The van der Waals surface area contributed by atoms with Crippen molar-refractivity contribution >= 4 is 11.8 Å². The Bertz CT molecular complexity index is 309. The van der Waals surface area contributed by atoms with Gasteiger partial charge < -0.3 is 10.6 Å². The molecule has 0 aromatic heterocycles. The van der Waals surface area contributed by atoms with E-state index in [1.165, 1.54) is 18.4 Å². The van der Waals surface area contributed by atoms with Gasteiger partial charge in [0.15, 0.2) is 0 Å². The van der Waals surface area contributed by atoms with Gasteiger partial charge in [-0.2, -0.15) is 0 Å². The van der Waals surface area contributed by atoms with Crippen LogP contribution in [0, 0.1) is 0 Å². The Kier molecular flexibility index (Phi) is 5.73. The predicted molar refractivity (Wildman–Crippen MR) is 67.5 cm³/mol. The third kappa shape index (κ3) is 5.52. The van der Waals surface area contributed by atoms with Crippen LogP contribution >= 0.6 is 0 Å². The number of hydrogen-bond donors (Lipinski definition) is 2. The minimum atomic E-state index is -0.544. The van der Waals surface area contributed by atoms with Crippen molar-refractivity contribution in [3.63, 3.8) is 0 Å². The van der Waals surface area contributed by atoms with E-state index in [1.54, 1.807) is 0 Å². The summed E-state index contributed by atoms with van der Waals surface area (Å²) in [4.78, 5) is 22.7. The summed E-state index contributed by atoms with van der Waals surface area (Å²) in [6, 6.07) is -0.00528. The smallest absolute Gasteiger partial charge is 0.309 e. The Morgan fingerprint density at radius 1 is 1.29 bits per heavy atom. The number of allylic oxidation sites excluding steroid dienone is 1. The highest BCUT2D eigenvalue weighted by Crippen LogP contribution is 2.19. The van der Waals surface area contributed by atoms with E-state index >= 15 is 0 Å². The summed E-state index contributed by atoms with van der Waals surface area (Å²) in [7, 11) is 0. The van der Waals surface area contributed by atoms with Gasteiger partial charge in [-0.3, -0.25) is 9.59 Å². The molecule has 2 amide bonds. The lowest BCUT2D eigenvalue weighted by molar-refractivity contribution is -0.139. The molecule has 0 radical (unpaired) electrons. The van der Waals surface area contributed by atoms with Crippen LogP contribution in [0.5, 0.6) is 0 Å². The highest BCUT2D eigenvalue weighted by atomic mass is 16.2. The number of nitrogens with one attached hydrogen (secondary N) is 2. The van der Waals surface area contributed by atoms with Crippen molar-refractivity contribution in [1.29, 1.82) is 0 Å². The van der Waals surface area contributed by atoms with Crippen LogP contribution < -0.4 is 10.6 Å². The molecule has 96 valence electrons. The van der Waals surface area contributed by atoms with Crippen molar-refractivity contribution in [2.24, 2.45) is 0 Å². The molecule has 0 aliphatic heterocycles. The van der Waals surface area contributed by atoms with Crippen LogP contribution in [0.1, 0.15) is 46.0 Å². The molecule has 1 aliphatic rings. The number of amides is 2. The van der Waals surface area contributed by atoms with Crippen molar-refractivity contribution in [3.8, 4) is 0 Å². The molecule has 0 saturated heterocycles. The molecule has 4 nitrogen and oxygen atoms in total. The molecule has 4 heteroatoms. The Morgan fingerprint density at radius 2 is 2.06 bits per heavy atom. The number of rotatable bonds is 4. The van der Waals surface area contributed by atoms with Crippen LogP contribution in [-0.2, 0) is 9.59 Å². The fourth-order valence-corrected chi connectivity index (χ4v) is 1.88. The lowest BCUT2D eigenvalue weighted by Gasteiger charge is -2.13. The molecule has 0 bridgehead atoms. The Labute approximate surface area is 103 Å². The largest absolute Gasteiger partial charge is 0.348 e. The maximum Gasteiger partial charge on any atom is 0.309 e. The molecular weight excluding hydrogens is 216 g/mol. The molecule has 0 fully saturated rings. The molecule has 0 unspecified atom stereocenters. The summed E-state index contributed by atoms with van der Waals surface area (Å²) in [6.07, 6.45) is 7.91. The van der Waals surface area contributed by atoms with Crippen molar-refractivity contribution < 1.29 is 9.59 Å². The van der Waals surface area contributed by atoms with Crippen molar-refractivity contribution in [2.75, 3.05) is 6.54 Å². The van der Waals surface area contributed by atoms with Crippen molar-refractivity contribution in [3.05, 3.63) is 11.6 Å². The van der Waals surface area contributed by atoms with E-state index in [9.17, 15) is 9.59 Å². The second kappa shape index (κ2) is 7.09. The first-order valence-electron chi connectivity index (χ1n) is 6.36. The third-order valence-electron chi connectivity index (χ3n) is 2.74. The molecule has 0 heterocycles. The van der Waals surface area contributed by atoms with Gasteiger partial charge >= 0.3 is 11.8 Å². The average Bonchev–Trinajstić information content (AvgIpc) is 2.29. The normalized spacial score (nSPS) is 15.4. The molecule has 0 aromatic carbocycles. The molecule has 0 atom stereocenters. The number of hydrogen-bond acceptors (Lipinski definition) is 2. The zero-order chi connectivity index (χ0) is 12.7. The summed E-state index contributed by atoms with van der Waals surface area (Å²) in [5.74, 6) is -1.08. The van der Waals surface area contributed by atoms with Gasteiger partial charge in [0.2, 0.25) is 0 Å². The lowest BCUT2D eigenvalue weighted by atomic mass is 9.97. The Morgan fingerprint density at radius 3 is 2.65 bits per heavy atom. The Hall–Kier alpha value is -1.32. The monoisotopic (exact) mass is 238 g/mol. The van der Waals surface area contributed by atoms with Gasteiger partial charge in [0, 0.05) is 12.6 Å². The van der Waals surface area contributed by atoms with E-state index in [0.717, 1.165) is 19.3 Å². The number of carbonyl (C=O) groups excluding carboxylic acids is 2. The molecule has 0 saturated carbocycles. The minimum absolute atomic E-state index is 0.00528. The zero-order valence-electron chi connectivity index (χ0n) is 10.7. The summed E-state index contributed by atoms with van der Waals surface area (Å²) >= 11 is 0. The van der Waals surface area contributed by atoms with Gasteiger partial charge in [-0.05, 0) is 46.0 Å². The minimum Gasteiger partial charge on any atom is -0.348 e. The van der Waals surface area contributed by atoms with E-state index < -0.39 is 11.8 Å². The summed E-state index contributed by atoms with van der Waals surface area (Å²) in [5.41, 5.74) is 1.40. The lowest BCUT2D eigenvalue weighted by Crippen LogP contribution is -2.43. The van der Waals surface area contributed by atoms with Crippen LogP contribution in [0.3, 0.4) is 0 Å². The van der Waals surface area contributed by atoms with Gasteiger partial charge in [-0.25, -0.2) is 0 Å². The topological polar surface area (TPSA) is 58.2 Å². The second-order valence-corrected chi connectivity index (χ2v) is 4.74. The van der Waals surface area contributed by atoms with Crippen LogP contribution in [0.25, 0.3) is 0 Å². The maximum absolute atomic E-state index is 11.4. The molecule has 2 N–H and O–H groups in total. The van der Waals surface area contributed by atoms with Crippen LogP contribution in [-0.4, -0.2) is 24.4 Å². The van der Waals surface area contributed by atoms with Gasteiger partial charge in [0.05, 0.1) is 0 Å². The quantitative estimate of drug-likeness (QED) is 0.576. The third-order valence-corrected chi connectivity index (χ3v) is 2.74. The van der Waals surface area contributed by atoms with Gasteiger partial charge in [0.25, 0.3) is 0 Å². The average molecular weight is 238 g/mol. The highest BCUT2D eigenvalue weighted by Gasteiger charge is 2.13. The number of carbonyl (C=O) groups is 2. The van der Waals surface area contributed by atoms with Crippen LogP contribution in [0.4, 0.5) is 0 Å². The second-order valence-electron chi connectivity index (χ2n) is 4.74. The first-order valence-corrected chi connectivity index (χ1v) is 6.36. The highest BCUT2D eigenvalue weighted by molar-refractivity contribution is 6.35. The van der Waals surface area contributed by atoms with Gasteiger partial charge in [0.1, 0.15) is 0 Å². The van der Waals surface area contributed by atoms with E-state index in [-0.39, 0.29) is 6.04 Å². The van der Waals surface area contributed by atoms with E-state index in [2.05, 4.69) is 16.7 Å². The molecule has 1 rings (SSSR count). The molecule has 1 aliphatic carbocycles. The Balaban J connectivity index is 2.19.